The molecule has 0 rings (SSSR count). The topological polar surface area (TPSA) is 40.5 Å². The Hall–Kier alpha value is -0.120. The van der Waals surface area contributed by atoms with Crippen molar-refractivity contribution in [3.63, 3.8) is 0 Å². The Balaban J connectivity index is 3.18. The Bertz CT molecular complexity index is 333. The minimum absolute atomic E-state index is 0.124. The number of hydrogen-bond donors (Lipinski definition) is 2. The van der Waals surface area contributed by atoms with Crippen molar-refractivity contribution in [2.45, 2.75) is 141 Å². The molecular formula is C27H58NO2+. The fourth-order valence-corrected chi connectivity index (χ4v) is 4.51. The molecule has 30 heavy (non-hydrogen) atoms. The maximum Gasteiger partial charge on any atom is 0.126 e. The first-order valence-electron chi connectivity index (χ1n) is 13.6. The Morgan fingerprint density at radius 3 is 1.13 bits per heavy atom. The van der Waals surface area contributed by atoms with Gasteiger partial charge < -0.3 is 14.7 Å². The number of quaternary nitrogens is 1. The number of rotatable bonds is 24. The largest absolute Gasteiger partial charge is 0.393 e. The van der Waals surface area contributed by atoms with E-state index in [1.54, 1.807) is 0 Å². The highest BCUT2D eigenvalue weighted by Gasteiger charge is 2.19. The summed E-state index contributed by atoms with van der Waals surface area (Å²) in [6, 6.07) is 0. The van der Waals surface area contributed by atoms with Crippen LogP contribution in [0, 0.1) is 0 Å². The molecule has 0 aliphatic carbocycles. The van der Waals surface area contributed by atoms with Crippen molar-refractivity contribution in [2.75, 3.05) is 33.8 Å². The Labute approximate surface area is 190 Å². The van der Waals surface area contributed by atoms with E-state index in [1.165, 1.54) is 128 Å². The molecule has 0 aliphatic rings. The van der Waals surface area contributed by atoms with Crippen molar-refractivity contribution in [3.8, 4) is 0 Å². The molecule has 0 amide bonds. The van der Waals surface area contributed by atoms with Crippen LogP contribution in [0.15, 0.2) is 0 Å². The van der Waals surface area contributed by atoms with E-state index >= 15 is 0 Å². The van der Waals surface area contributed by atoms with Gasteiger partial charge in [-0.2, -0.15) is 0 Å². The van der Waals surface area contributed by atoms with Crippen molar-refractivity contribution in [1.82, 2.24) is 0 Å². The smallest absolute Gasteiger partial charge is 0.126 e. The molecule has 1 unspecified atom stereocenters. The van der Waals surface area contributed by atoms with Crippen molar-refractivity contribution in [3.05, 3.63) is 0 Å². The van der Waals surface area contributed by atoms with Gasteiger partial charge >= 0.3 is 0 Å². The third kappa shape index (κ3) is 22.6. The normalized spacial score (nSPS) is 13.1. The van der Waals surface area contributed by atoms with Gasteiger partial charge in [0, 0.05) is 0 Å². The molecular weight excluding hydrogens is 370 g/mol. The van der Waals surface area contributed by atoms with Crippen LogP contribution in [0.4, 0.5) is 0 Å². The summed E-state index contributed by atoms with van der Waals surface area (Å²) in [5.74, 6) is 0. The minimum atomic E-state index is -0.579. The van der Waals surface area contributed by atoms with Crippen LogP contribution in [0.3, 0.4) is 0 Å². The summed E-state index contributed by atoms with van der Waals surface area (Å²) in [6.07, 6.45) is 27.8. The van der Waals surface area contributed by atoms with E-state index in [0.29, 0.717) is 6.54 Å². The quantitative estimate of drug-likeness (QED) is 0.126. The number of aliphatic hydroxyl groups is 2. The van der Waals surface area contributed by atoms with Crippen molar-refractivity contribution in [1.29, 1.82) is 0 Å². The van der Waals surface area contributed by atoms with Crippen LogP contribution in [0.5, 0.6) is 0 Å². The highest BCUT2D eigenvalue weighted by molar-refractivity contribution is 4.52. The van der Waals surface area contributed by atoms with Crippen molar-refractivity contribution in [2.24, 2.45) is 0 Å². The second-order valence-corrected chi connectivity index (χ2v) is 10.4. The van der Waals surface area contributed by atoms with Crippen LogP contribution >= 0.6 is 0 Å². The van der Waals surface area contributed by atoms with Crippen molar-refractivity contribution < 1.29 is 14.7 Å². The Morgan fingerprint density at radius 2 is 0.833 bits per heavy atom. The first-order chi connectivity index (χ1) is 14.5. The molecule has 0 spiro atoms. The lowest BCUT2D eigenvalue weighted by Gasteiger charge is -2.31. The monoisotopic (exact) mass is 428 g/mol. The molecule has 0 aromatic rings. The van der Waals surface area contributed by atoms with E-state index < -0.39 is 6.10 Å². The second-order valence-electron chi connectivity index (χ2n) is 10.4. The van der Waals surface area contributed by atoms with E-state index in [1.807, 2.05) is 0 Å². The number of likely N-dealkylation sites (N-methyl/N-ethyl adjacent to an activating group) is 1. The van der Waals surface area contributed by atoms with Crippen LogP contribution in [-0.4, -0.2) is 54.6 Å². The molecule has 182 valence electrons. The number of unbranched alkanes of at least 4 members (excludes halogenated alkanes) is 19. The third-order valence-electron chi connectivity index (χ3n) is 6.53. The fourth-order valence-electron chi connectivity index (χ4n) is 4.51. The van der Waals surface area contributed by atoms with E-state index in [0.717, 1.165) is 11.0 Å². The first-order valence-corrected chi connectivity index (χ1v) is 13.6. The maximum atomic E-state index is 9.59. The zero-order valence-corrected chi connectivity index (χ0v) is 21.2. The van der Waals surface area contributed by atoms with Crippen molar-refractivity contribution >= 4 is 0 Å². The minimum Gasteiger partial charge on any atom is -0.393 e. The highest BCUT2D eigenvalue weighted by atomic mass is 16.3. The van der Waals surface area contributed by atoms with E-state index in [-0.39, 0.29) is 6.61 Å². The van der Waals surface area contributed by atoms with Crippen LogP contribution in [0.25, 0.3) is 0 Å². The van der Waals surface area contributed by atoms with Crippen LogP contribution in [0.2, 0.25) is 0 Å². The van der Waals surface area contributed by atoms with Gasteiger partial charge in [-0.1, -0.05) is 122 Å². The van der Waals surface area contributed by atoms with Crippen LogP contribution in [-0.2, 0) is 0 Å². The van der Waals surface area contributed by atoms with E-state index in [2.05, 4.69) is 21.0 Å². The standard InChI is InChI=1S/C27H58NO2/c1-4-5-6-7-8-9-10-11-12-13-14-15-16-17-18-19-20-21-22-23-24-28(2,3)25-27(30)26-29/h27,29-30H,4-26H2,1-3H3/q+1. The summed E-state index contributed by atoms with van der Waals surface area (Å²) in [5.41, 5.74) is 0. The maximum absolute atomic E-state index is 9.59. The molecule has 0 aromatic carbocycles. The average molecular weight is 429 g/mol. The van der Waals surface area contributed by atoms with Gasteiger partial charge in [0.2, 0.25) is 0 Å². The molecule has 0 fully saturated rings. The van der Waals surface area contributed by atoms with Gasteiger partial charge in [-0.05, 0) is 12.8 Å². The summed E-state index contributed by atoms with van der Waals surface area (Å²) in [5, 5.41) is 18.6. The first kappa shape index (κ1) is 29.9. The molecule has 0 radical (unpaired) electrons. The number of hydrogen-bond acceptors (Lipinski definition) is 2. The molecule has 0 bridgehead atoms. The van der Waals surface area contributed by atoms with Crippen LogP contribution < -0.4 is 0 Å². The molecule has 0 aromatic heterocycles. The van der Waals surface area contributed by atoms with E-state index in [4.69, 9.17) is 5.11 Å². The second kappa shape index (κ2) is 22.1. The van der Waals surface area contributed by atoms with Gasteiger partial charge in [0.1, 0.15) is 12.6 Å². The lowest BCUT2D eigenvalue weighted by Crippen LogP contribution is -2.46. The third-order valence-corrected chi connectivity index (χ3v) is 6.53. The zero-order chi connectivity index (χ0) is 22.3. The number of aliphatic hydroxyl groups excluding tert-OH is 2. The van der Waals surface area contributed by atoms with Crippen LogP contribution in [0.1, 0.15) is 135 Å². The molecule has 0 aliphatic heterocycles. The summed E-state index contributed by atoms with van der Waals surface area (Å²) < 4.78 is 0.806. The number of nitrogens with zero attached hydrogens (tertiary/aromatic N) is 1. The lowest BCUT2D eigenvalue weighted by molar-refractivity contribution is -0.893. The summed E-state index contributed by atoms with van der Waals surface area (Å²) in [6.45, 7) is 3.91. The van der Waals surface area contributed by atoms with E-state index in [9.17, 15) is 5.11 Å². The average Bonchev–Trinajstić information content (AvgIpc) is 2.71. The SMILES string of the molecule is CCCCCCCCCCCCCCCCCCCCCC[N+](C)(C)CC(O)CO. The molecule has 0 saturated carbocycles. The zero-order valence-electron chi connectivity index (χ0n) is 21.2. The fraction of sp³-hybridized carbons (Fsp3) is 1.00. The molecule has 3 heteroatoms. The molecule has 0 heterocycles. The Morgan fingerprint density at radius 1 is 0.533 bits per heavy atom. The molecule has 2 N–H and O–H groups in total. The van der Waals surface area contributed by atoms with Gasteiger partial charge in [0.05, 0.1) is 27.2 Å². The van der Waals surface area contributed by atoms with Gasteiger partial charge in [0.25, 0.3) is 0 Å². The van der Waals surface area contributed by atoms with Gasteiger partial charge in [-0.15, -0.1) is 0 Å². The van der Waals surface area contributed by atoms with Gasteiger partial charge in [-0.3, -0.25) is 0 Å². The lowest BCUT2D eigenvalue weighted by atomic mass is 10.0. The predicted molar refractivity (Wildman–Crippen MR) is 133 cm³/mol. The summed E-state index contributed by atoms with van der Waals surface area (Å²) in [7, 11) is 4.29. The molecule has 3 nitrogen and oxygen atoms in total. The molecule has 0 saturated heterocycles. The molecule has 1 atom stereocenters. The van der Waals surface area contributed by atoms with Gasteiger partial charge in [-0.25, -0.2) is 0 Å². The predicted octanol–water partition coefficient (Wildman–Crippen LogP) is 7.24. The highest BCUT2D eigenvalue weighted by Crippen LogP contribution is 2.15. The van der Waals surface area contributed by atoms with Gasteiger partial charge in [0.15, 0.2) is 0 Å². The Kier molecular flexibility index (Phi) is 22.0. The summed E-state index contributed by atoms with van der Waals surface area (Å²) in [4.78, 5) is 0. The summed E-state index contributed by atoms with van der Waals surface area (Å²) >= 11 is 0.